The van der Waals surface area contributed by atoms with Crippen LogP contribution in [0.3, 0.4) is 0 Å². The van der Waals surface area contributed by atoms with E-state index >= 15 is 0 Å². The predicted molar refractivity (Wildman–Crippen MR) is 114 cm³/mol. The van der Waals surface area contributed by atoms with Crippen LogP contribution in [0.15, 0.2) is 48.5 Å². The number of nitrogens with one attached hydrogen (secondary N) is 1. The highest BCUT2D eigenvalue weighted by atomic mass is 35.5. The number of ether oxygens (including phenoxy) is 1. The van der Waals surface area contributed by atoms with Crippen LogP contribution in [0.2, 0.25) is 5.02 Å². The zero-order chi connectivity index (χ0) is 19.8. The SMILES string of the molecule is CCOc1ccc(CC(=O)NCCN2CCN(c3ccc(Cl)cc3)CC2)cc1. The number of carbonyl (C=O) groups excluding carboxylic acids is 1. The molecule has 0 spiro atoms. The second-order valence-electron chi connectivity index (χ2n) is 6.91. The largest absolute Gasteiger partial charge is 0.494 e. The number of carbonyl (C=O) groups is 1. The third-order valence-electron chi connectivity index (χ3n) is 4.91. The monoisotopic (exact) mass is 401 g/mol. The standard InChI is InChI=1S/C22H28ClN3O2/c1-2-28-21-9-3-18(4-10-21)17-22(27)24-11-12-25-13-15-26(16-14-25)20-7-5-19(23)6-8-20/h3-10H,2,11-17H2,1H3,(H,24,27). The highest BCUT2D eigenvalue weighted by Crippen LogP contribution is 2.19. The quantitative estimate of drug-likeness (QED) is 0.737. The molecule has 2 aromatic carbocycles. The number of anilines is 1. The molecule has 28 heavy (non-hydrogen) atoms. The van der Waals surface area contributed by atoms with Crippen molar-refractivity contribution in [3.63, 3.8) is 0 Å². The molecule has 6 heteroatoms. The molecule has 5 nitrogen and oxygen atoms in total. The Kier molecular flexibility index (Phi) is 7.57. The van der Waals surface area contributed by atoms with Crippen LogP contribution in [-0.4, -0.2) is 56.7 Å². The third-order valence-corrected chi connectivity index (χ3v) is 5.17. The average Bonchev–Trinajstić information content (AvgIpc) is 2.71. The van der Waals surface area contributed by atoms with Crippen molar-refractivity contribution in [3.05, 3.63) is 59.1 Å². The van der Waals surface area contributed by atoms with Crippen molar-refractivity contribution in [1.29, 1.82) is 0 Å². The summed E-state index contributed by atoms with van der Waals surface area (Å²) in [5.41, 5.74) is 2.21. The minimum absolute atomic E-state index is 0.0592. The zero-order valence-electron chi connectivity index (χ0n) is 16.4. The van der Waals surface area contributed by atoms with Crippen LogP contribution in [0.5, 0.6) is 5.75 Å². The van der Waals surface area contributed by atoms with E-state index in [2.05, 4.69) is 27.2 Å². The summed E-state index contributed by atoms with van der Waals surface area (Å²) in [6.07, 6.45) is 0.400. The summed E-state index contributed by atoms with van der Waals surface area (Å²) in [4.78, 5) is 16.9. The van der Waals surface area contributed by atoms with Gasteiger partial charge in [-0.05, 0) is 48.9 Å². The lowest BCUT2D eigenvalue weighted by Crippen LogP contribution is -2.48. The second kappa shape index (κ2) is 10.3. The number of amides is 1. The number of benzene rings is 2. The van der Waals surface area contributed by atoms with Gasteiger partial charge in [0.25, 0.3) is 0 Å². The topological polar surface area (TPSA) is 44.8 Å². The van der Waals surface area contributed by atoms with Gasteiger partial charge in [-0.15, -0.1) is 0 Å². The highest BCUT2D eigenvalue weighted by molar-refractivity contribution is 6.30. The first-order valence-electron chi connectivity index (χ1n) is 9.85. The summed E-state index contributed by atoms with van der Waals surface area (Å²) in [5.74, 6) is 0.897. The van der Waals surface area contributed by atoms with Crippen molar-refractivity contribution in [2.75, 3.05) is 50.8 Å². The van der Waals surface area contributed by atoms with Gasteiger partial charge in [0.05, 0.1) is 13.0 Å². The fourth-order valence-electron chi connectivity index (χ4n) is 3.35. The van der Waals surface area contributed by atoms with Gasteiger partial charge < -0.3 is 15.0 Å². The molecule has 1 fully saturated rings. The molecule has 1 aliphatic rings. The molecule has 0 saturated carbocycles. The fourth-order valence-corrected chi connectivity index (χ4v) is 3.48. The van der Waals surface area contributed by atoms with Gasteiger partial charge in [-0.25, -0.2) is 0 Å². The van der Waals surface area contributed by atoms with Gasteiger partial charge in [0.1, 0.15) is 5.75 Å². The molecule has 1 heterocycles. The van der Waals surface area contributed by atoms with Gasteiger partial charge in [-0.1, -0.05) is 23.7 Å². The van der Waals surface area contributed by atoms with Crippen LogP contribution in [0.25, 0.3) is 0 Å². The highest BCUT2D eigenvalue weighted by Gasteiger charge is 2.17. The van der Waals surface area contributed by atoms with Gasteiger partial charge in [0, 0.05) is 50.0 Å². The summed E-state index contributed by atoms with van der Waals surface area (Å²) in [7, 11) is 0. The molecule has 1 saturated heterocycles. The Labute approximate surface area is 172 Å². The Morgan fingerprint density at radius 3 is 2.36 bits per heavy atom. The lowest BCUT2D eigenvalue weighted by Gasteiger charge is -2.36. The third kappa shape index (κ3) is 6.14. The van der Waals surface area contributed by atoms with Crippen molar-refractivity contribution in [3.8, 4) is 5.75 Å². The van der Waals surface area contributed by atoms with Crippen molar-refractivity contribution in [2.45, 2.75) is 13.3 Å². The summed E-state index contributed by atoms with van der Waals surface area (Å²) < 4.78 is 5.42. The number of rotatable bonds is 8. The first-order valence-corrected chi connectivity index (χ1v) is 10.2. The summed E-state index contributed by atoms with van der Waals surface area (Å²) in [6, 6.07) is 15.7. The van der Waals surface area contributed by atoms with Gasteiger partial charge in [-0.3, -0.25) is 9.69 Å². The van der Waals surface area contributed by atoms with Gasteiger partial charge in [-0.2, -0.15) is 0 Å². The average molecular weight is 402 g/mol. The van der Waals surface area contributed by atoms with E-state index in [4.69, 9.17) is 16.3 Å². The van der Waals surface area contributed by atoms with E-state index in [9.17, 15) is 4.79 Å². The van der Waals surface area contributed by atoms with Gasteiger partial charge in [0.2, 0.25) is 5.91 Å². The number of nitrogens with zero attached hydrogens (tertiary/aromatic N) is 2. The normalized spacial score (nSPS) is 14.7. The number of halogens is 1. The van der Waals surface area contributed by atoms with E-state index in [1.807, 2.05) is 43.3 Å². The van der Waals surface area contributed by atoms with E-state index in [1.165, 1.54) is 5.69 Å². The first-order chi connectivity index (χ1) is 13.6. The maximum absolute atomic E-state index is 12.1. The maximum atomic E-state index is 12.1. The summed E-state index contributed by atoms with van der Waals surface area (Å²) in [6.45, 7) is 8.13. The molecule has 0 atom stereocenters. The van der Waals surface area contributed by atoms with Crippen molar-refractivity contribution < 1.29 is 9.53 Å². The molecular weight excluding hydrogens is 374 g/mol. The molecule has 0 aromatic heterocycles. The van der Waals surface area contributed by atoms with Crippen LogP contribution in [0, 0.1) is 0 Å². The Morgan fingerprint density at radius 2 is 1.71 bits per heavy atom. The number of piperazine rings is 1. The molecule has 3 rings (SSSR count). The summed E-state index contributed by atoms with van der Waals surface area (Å²) >= 11 is 5.96. The van der Waals surface area contributed by atoms with E-state index in [0.29, 0.717) is 19.6 Å². The Balaban J connectivity index is 1.34. The zero-order valence-corrected chi connectivity index (χ0v) is 17.1. The van der Waals surface area contributed by atoms with Gasteiger partial charge >= 0.3 is 0 Å². The van der Waals surface area contributed by atoms with E-state index in [0.717, 1.165) is 49.1 Å². The first kappa shape index (κ1) is 20.5. The van der Waals surface area contributed by atoms with Gasteiger partial charge in [0.15, 0.2) is 0 Å². The Hall–Kier alpha value is -2.24. The molecule has 2 aromatic rings. The van der Waals surface area contributed by atoms with E-state index in [1.54, 1.807) is 0 Å². The van der Waals surface area contributed by atoms with Crippen molar-refractivity contribution in [2.24, 2.45) is 0 Å². The minimum Gasteiger partial charge on any atom is -0.494 e. The van der Waals surface area contributed by atoms with Crippen LogP contribution in [0.4, 0.5) is 5.69 Å². The lowest BCUT2D eigenvalue weighted by molar-refractivity contribution is -0.120. The Morgan fingerprint density at radius 1 is 1.04 bits per heavy atom. The van der Waals surface area contributed by atoms with Crippen LogP contribution in [0.1, 0.15) is 12.5 Å². The molecule has 1 aliphatic heterocycles. The molecule has 0 unspecified atom stereocenters. The maximum Gasteiger partial charge on any atom is 0.224 e. The molecular formula is C22H28ClN3O2. The fraction of sp³-hybridized carbons (Fsp3) is 0.409. The number of hydrogen-bond donors (Lipinski definition) is 1. The molecule has 150 valence electrons. The van der Waals surface area contributed by atoms with Crippen LogP contribution < -0.4 is 15.0 Å². The van der Waals surface area contributed by atoms with E-state index in [-0.39, 0.29) is 5.91 Å². The minimum atomic E-state index is 0.0592. The number of hydrogen-bond acceptors (Lipinski definition) is 4. The summed E-state index contributed by atoms with van der Waals surface area (Å²) in [5, 5.41) is 3.79. The van der Waals surface area contributed by atoms with Crippen molar-refractivity contribution in [1.82, 2.24) is 10.2 Å². The van der Waals surface area contributed by atoms with E-state index < -0.39 is 0 Å². The molecule has 0 radical (unpaired) electrons. The molecule has 0 bridgehead atoms. The smallest absolute Gasteiger partial charge is 0.224 e. The second-order valence-corrected chi connectivity index (χ2v) is 7.35. The molecule has 1 N–H and O–H groups in total. The van der Waals surface area contributed by atoms with Crippen LogP contribution >= 0.6 is 11.6 Å². The molecule has 1 amide bonds. The predicted octanol–water partition coefficient (Wildman–Crippen LogP) is 3.22. The van der Waals surface area contributed by atoms with Crippen LogP contribution in [-0.2, 0) is 11.2 Å². The van der Waals surface area contributed by atoms with Crippen molar-refractivity contribution >= 4 is 23.2 Å². The Bertz CT molecular complexity index is 741. The molecule has 0 aliphatic carbocycles. The lowest BCUT2D eigenvalue weighted by atomic mass is 10.1.